The van der Waals surface area contributed by atoms with E-state index in [-0.39, 0.29) is 6.71 Å². The molecule has 0 bridgehead atoms. The van der Waals surface area contributed by atoms with Gasteiger partial charge in [-0.25, -0.2) is 0 Å². The minimum Gasteiger partial charge on any atom is -0.458 e. The number of fused-ring (bicyclic) bond motifs is 17. The molecule has 8 aromatic carbocycles. The number of hydrogen-bond donors (Lipinski definition) is 0. The molecule has 0 fully saturated rings. The van der Waals surface area contributed by atoms with E-state index in [1.807, 2.05) is 0 Å². The third-order valence-electron chi connectivity index (χ3n) is 12.4. The molecule has 53 heavy (non-hydrogen) atoms. The Balaban J connectivity index is 1.21. The Kier molecular flexibility index (Phi) is 4.59. The van der Waals surface area contributed by atoms with Gasteiger partial charge in [-0.2, -0.15) is 0 Å². The normalized spacial score (nSPS) is 13.4. The number of rotatable bonds is 1. The Morgan fingerprint density at radius 2 is 1.00 bits per heavy atom. The molecule has 14 rings (SSSR count). The summed E-state index contributed by atoms with van der Waals surface area (Å²) in [4.78, 5) is 0. The SMILES string of the molecule is c1ccc2c(c1)Oc1cc(-n3c4ccccc4c4ccccc43)cc3c1B2c1cccc2c4ccc5c(c6cccc7c8ccccc8n5c76)c4n-3c12. The summed E-state index contributed by atoms with van der Waals surface area (Å²) in [5.41, 5.74) is 14.7. The zero-order chi connectivity index (χ0) is 34.1. The van der Waals surface area contributed by atoms with E-state index in [2.05, 4.69) is 171 Å². The molecule has 0 amide bonds. The van der Waals surface area contributed by atoms with Gasteiger partial charge in [0.25, 0.3) is 6.71 Å². The quantitative estimate of drug-likeness (QED) is 0.159. The van der Waals surface area contributed by atoms with Crippen molar-refractivity contribution < 1.29 is 4.74 Å². The molecule has 2 aliphatic heterocycles. The van der Waals surface area contributed by atoms with Crippen LogP contribution in [0.15, 0.2) is 158 Å². The number of para-hydroxylation sites is 6. The maximum absolute atomic E-state index is 6.98. The van der Waals surface area contributed by atoms with Crippen molar-refractivity contribution in [3.05, 3.63) is 158 Å². The first-order valence-corrected chi connectivity index (χ1v) is 18.4. The average molecular weight is 672 g/mol. The van der Waals surface area contributed by atoms with E-state index in [9.17, 15) is 0 Å². The molecule has 0 saturated heterocycles. The number of nitrogens with zero attached hydrogens (tertiary/aromatic N) is 3. The lowest BCUT2D eigenvalue weighted by Crippen LogP contribution is -2.58. The van der Waals surface area contributed by atoms with Gasteiger partial charge in [0.1, 0.15) is 11.5 Å². The monoisotopic (exact) mass is 671 g/mol. The average Bonchev–Trinajstić information content (AvgIpc) is 3.94. The van der Waals surface area contributed by atoms with Gasteiger partial charge in [-0.1, -0.05) is 115 Å². The second kappa shape index (κ2) is 9.08. The summed E-state index contributed by atoms with van der Waals surface area (Å²) >= 11 is 0. The summed E-state index contributed by atoms with van der Waals surface area (Å²) < 4.78 is 14.5. The first kappa shape index (κ1) is 26.8. The molecule has 6 heterocycles. The predicted octanol–water partition coefficient (Wildman–Crippen LogP) is 9.97. The lowest BCUT2D eigenvalue weighted by atomic mass is 9.34. The minimum atomic E-state index is 0.0480. The zero-order valence-corrected chi connectivity index (χ0v) is 28.3. The van der Waals surface area contributed by atoms with Crippen LogP contribution in [0.1, 0.15) is 0 Å². The summed E-state index contributed by atoms with van der Waals surface area (Å²) in [6.07, 6.45) is 0. The van der Waals surface area contributed by atoms with Crippen molar-refractivity contribution in [3.8, 4) is 22.9 Å². The molecular weight excluding hydrogens is 645 g/mol. The maximum atomic E-state index is 6.98. The Morgan fingerprint density at radius 1 is 0.396 bits per heavy atom. The molecule has 0 aliphatic carbocycles. The van der Waals surface area contributed by atoms with Crippen LogP contribution in [-0.2, 0) is 0 Å². The Bertz CT molecular complexity index is 3570. The van der Waals surface area contributed by atoms with Crippen LogP contribution in [0.4, 0.5) is 0 Å². The Morgan fingerprint density at radius 3 is 1.81 bits per heavy atom. The number of aromatic nitrogens is 3. The van der Waals surface area contributed by atoms with Gasteiger partial charge in [0.2, 0.25) is 0 Å². The van der Waals surface area contributed by atoms with Gasteiger partial charge >= 0.3 is 0 Å². The second-order valence-corrected chi connectivity index (χ2v) is 14.8. The van der Waals surface area contributed by atoms with Gasteiger partial charge < -0.3 is 18.3 Å². The highest BCUT2D eigenvalue weighted by molar-refractivity contribution is 6.99. The molecule has 0 radical (unpaired) electrons. The number of hydrogen-bond acceptors (Lipinski definition) is 1. The molecule has 0 atom stereocenters. The van der Waals surface area contributed by atoms with Gasteiger partial charge in [-0.3, -0.25) is 0 Å². The van der Waals surface area contributed by atoms with Crippen molar-refractivity contribution in [3.63, 3.8) is 0 Å². The second-order valence-electron chi connectivity index (χ2n) is 14.8. The van der Waals surface area contributed by atoms with Crippen molar-refractivity contribution in [1.82, 2.24) is 13.5 Å². The molecule has 0 saturated carbocycles. The summed E-state index contributed by atoms with van der Waals surface area (Å²) in [6, 6.07) is 58.2. The summed E-state index contributed by atoms with van der Waals surface area (Å²) in [5, 5.41) is 10.2. The highest BCUT2D eigenvalue weighted by Crippen LogP contribution is 2.46. The molecular formula is C48H26BN3O. The lowest BCUT2D eigenvalue weighted by molar-refractivity contribution is 0.487. The van der Waals surface area contributed by atoms with Gasteiger partial charge in [-0.15, -0.1) is 0 Å². The smallest absolute Gasteiger partial charge is 0.256 e. The van der Waals surface area contributed by atoms with E-state index >= 15 is 0 Å². The molecule has 0 unspecified atom stereocenters. The van der Waals surface area contributed by atoms with Crippen LogP contribution in [0, 0.1) is 0 Å². The highest BCUT2D eigenvalue weighted by atomic mass is 16.5. The van der Waals surface area contributed by atoms with E-state index in [4.69, 9.17) is 4.74 Å². The largest absolute Gasteiger partial charge is 0.458 e. The van der Waals surface area contributed by atoms with Crippen molar-refractivity contribution in [2.24, 2.45) is 0 Å². The van der Waals surface area contributed by atoms with E-state index in [0.29, 0.717) is 0 Å². The van der Waals surface area contributed by atoms with Crippen molar-refractivity contribution in [1.29, 1.82) is 0 Å². The fourth-order valence-corrected chi connectivity index (χ4v) is 10.5. The molecule has 4 nitrogen and oxygen atoms in total. The third-order valence-corrected chi connectivity index (χ3v) is 12.4. The van der Waals surface area contributed by atoms with Crippen LogP contribution < -0.4 is 21.1 Å². The molecule has 0 spiro atoms. The van der Waals surface area contributed by atoms with E-state index < -0.39 is 0 Å². The van der Waals surface area contributed by atoms with E-state index in [0.717, 1.165) is 17.2 Å². The van der Waals surface area contributed by atoms with Crippen LogP contribution in [0.2, 0.25) is 0 Å². The van der Waals surface area contributed by atoms with Crippen LogP contribution in [0.5, 0.6) is 11.5 Å². The molecule has 12 aromatic rings. The van der Waals surface area contributed by atoms with Gasteiger partial charge in [-0.05, 0) is 52.8 Å². The summed E-state index contributed by atoms with van der Waals surface area (Å²) in [7, 11) is 0. The fraction of sp³-hybridized carbons (Fsp3) is 0. The zero-order valence-electron chi connectivity index (χ0n) is 28.3. The molecule has 0 N–H and O–H groups in total. The van der Waals surface area contributed by atoms with Gasteiger partial charge in [0, 0.05) is 60.4 Å². The predicted molar refractivity (Wildman–Crippen MR) is 221 cm³/mol. The lowest BCUT2D eigenvalue weighted by Gasteiger charge is -2.33. The molecule has 4 aromatic heterocycles. The highest BCUT2D eigenvalue weighted by Gasteiger charge is 2.41. The first-order chi connectivity index (χ1) is 26.3. The maximum Gasteiger partial charge on any atom is 0.256 e. The minimum absolute atomic E-state index is 0.0480. The van der Waals surface area contributed by atoms with Crippen LogP contribution >= 0.6 is 0 Å². The first-order valence-electron chi connectivity index (χ1n) is 18.4. The van der Waals surface area contributed by atoms with Crippen molar-refractivity contribution >= 4 is 105 Å². The molecule has 5 heteroatoms. The van der Waals surface area contributed by atoms with Gasteiger partial charge in [0.15, 0.2) is 0 Å². The third kappa shape index (κ3) is 3.02. The topological polar surface area (TPSA) is 23.5 Å². The molecule has 242 valence electrons. The summed E-state index contributed by atoms with van der Waals surface area (Å²) in [5.74, 6) is 1.84. The van der Waals surface area contributed by atoms with Gasteiger partial charge in [0.05, 0.1) is 38.8 Å². The standard InChI is InChI=1S/C48H26BN3O/c1-5-19-37-28(11-1)29-12-2-6-20-38(29)50(37)27-25-41-45-43(26-27)53-42-22-8-4-17-35(42)49(45)36-18-10-15-32-33-23-24-40-44(48(33)52(41)47(32)36)34-16-9-14-31-30-13-3-7-21-39(30)51(40)46(31)34/h1-26H. The van der Waals surface area contributed by atoms with Crippen LogP contribution in [0.25, 0.3) is 93.1 Å². The van der Waals surface area contributed by atoms with Crippen molar-refractivity contribution in [2.75, 3.05) is 0 Å². The Hall–Kier alpha value is -6.98. The van der Waals surface area contributed by atoms with E-state index in [1.54, 1.807) is 0 Å². The van der Waals surface area contributed by atoms with Crippen LogP contribution in [-0.4, -0.2) is 20.2 Å². The fourth-order valence-electron chi connectivity index (χ4n) is 10.5. The summed E-state index contributed by atoms with van der Waals surface area (Å²) in [6.45, 7) is 0.0480. The van der Waals surface area contributed by atoms with Crippen LogP contribution in [0.3, 0.4) is 0 Å². The Labute approximate surface area is 302 Å². The number of benzene rings is 8. The number of ether oxygens (including phenoxy) is 1. The van der Waals surface area contributed by atoms with Crippen molar-refractivity contribution in [2.45, 2.75) is 0 Å². The molecule has 2 aliphatic rings. The van der Waals surface area contributed by atoms with E-state index in [1.165, 1.54) is 104 Å².